The van der Waals surface area contributed by atoms with E-state index in [2.05, 4.69) is 11.2 Å². The van der Waals surface area contributed by atoms with Gasteiger partial charge in [0, 0.05) is 24.7 Å². The van der Waals surface area contributed by atoms with E-state index >= 15 is 0 Å². The number of rotatable bonds is 2. The molecule has 0 aliphatic carbocycles. The molecule has 1 aliphatic heterocycles. The molecule has 4 nitrogen and oxygen atoms in total. The zero-order valence-electron chi connectivity index (χ0n) is 9.71. The minimum atomic E-state index is -0.111. The molecule has 1 aliphatic rings. The predicted octanol–water partition coefficient (Wildman–Crippen LogP) is 1.60. The average Bonchev–Trinajstić information content (AvgIpc) is 2.94. The summed E-state index contributed by atoms with van der Waals surface area (Å²) in [5.41, 5.74) is 8.37. The van der Waals surface area contributed by atoms with Gasteiger partial charge in [-0.25, -0.2) is 0 Å². The number of hydrogen-bond donors (Lipinski definition) is 1. The molecule has 2 heterocycles. The second-order valence-corrected chi connectivity index (χ2v) is 4.40. The van der Waals surface area contributed by atoms with Crippen molar-refractivity contribution in [2.75, 3.05) is 6.61 Å². The monoisotopic (exact) mass is 229 g/mol. The van der Waals surface area contributed by atoms with E-state index in [0.29, 0.717) is 6.61 Å². The highest BCUT2D eigenvalue weighted by atomic mass is 16.5. The van der Waals surface area contributed by atoms with E-state index in [9.17, 15) is 0 Å². The number of para-hydroxylation sites is 1. The number of ether oxygens (including phenoxy) is 1. The first-order valence-corrected chi connectivity index (χ1v) is 5.72. The van der Waals surface area contributed by atoms with Crippen LogP contribution in [0.5, 0.6) is 5.75 Å². The van der Waals surface area contributed by atoms with Crippen LogP contribution in [0.1, 0.15) is 23.2 Å². The van der Waals surface area contributed by atoms with Gasteiger partial charge in [-0.2, -0.15) is 5.10 Å². The van der Waals surface area contributed by atoms with Crippen LogP contribution in [0.4, 0.5) is 0 Å². The van der Waals surface area contributed by atoms with Gasteiger partial charge in [0.25, 0.3) is 0 Å². The summed E-state index contributed by atoms with van der Waals surface area (Å²) in [6.45, 7) is 0.636. The minimum Gasteiger partial charge on any atom is -0.493 e. The molecule has 0 bridgehead atoms. The third-order valence-electron chi connectivity index (χ3n) is 3.25. The van der Waals surface area contributed by atoms with Gasteiger partial charge in [-0.15, -0.1) is 0 Å². The highest BCUT2D eigenvalue weighted by Crippen LogP contribution is 2.39. The summed E-state index contributed by atoms with van der Waals surface area (Å²) < 4.78 is 7.42. The van der Waals surface area contributed by atoms with Crippen LogP contribution in [0.2, 0.25) is 0 Å². The third kappa shape index (κ3) is 1.70. The second kappa shape index (κ2) is 3.89. The highest BCUT2D eigenvalue weighted by Gasteiger charge is 2.30. The predicted molar refractivity (Wildman–Crippen MR) is 64.8 cm³/mol. The van der Waals surface area contributed by atoms with E-state index in [1.807, 2.05) is 37.5 Å². The number of aryl methyl sites for hydroxylation is 1. The Morgan fingerprint density at radius 2 is 2.24 bits per heavy atom. The van der Waals surface area contributed by atoms with Crippen molar-refractivity contribution in [1.82, 2.24) is 9.78 Å². The Hall–Kier alpha value is -1.81. The maximum absolute atomic E-state index is 6.27. The quantitative estimate of drug-likeness (QED) is 0.851. The molecule has 88 valence electrons. The fourth-order valence-corrected chi connectivity index (χ4v) is 2.30. The van der Waals surface area contributed by atoms with Crippen molar-refractivity contribution in [1.29, 1.82) is 0 Å². The molecule has 2 unspecified atom stereocenters. The van der Waals surface area contributed by atoms with Crippen LogP contribution in [0.3, 0.4) is 0 Å². The van der Waals surface area contributed by atoms with Crippen LogP contribution in [0, 0.1) is 0 Å². The topological polar surface area (TPSA) is 53.1 Å². The molecule has 17 heavy (non-hydrogen) atoms. The Kier molecular flexibility index (Phi) is 2.37. The maximum atomic E-state index is 6.27. The van der Waals surface area contributed by atoms with Crippen molar-refractivity contribution in [2.24, 2.45) is 12.8 Å². The van der Waals surface area contributed by atoms with Crippen LogP contribution < -0.4 is 10.5 Å². The molecular weight excluding hydrogens is 214 g/mol. The molecule has 0 amide bonds. The Morgan fingerprint density at radius 1 is 1.41 bits per heavy atom. The summed E-state index contributed by atoms with van der Waals surface area (Å²) in [6, 6.07) is 9.92. The Labute approximate surface area is 100 Å². The van der Waals surface area contributed by atoms with E-state index < -0.39 is 0 Å². The molecule has 0 spiro atoms. The van der Waals surface area contributed by atoms with Crippen LogP contribution in [-0.4, -0.2) is 16.4 Å². The molecule has 0 radical (unpaired) electrons. The van der Waals surface area contributed by atoms with E-state index in [0.717, 1.165) is 11.4 Å². The summed E-state index contributed by atoms with van der Waals surface area (Å²) in [6.07, 6.45) is 1.91. The van der Waals surface area contributed by atoms with Crippen LogP contribution in [0.15, 0.2) is 36.5 Å². The first kappa shape index (κ1) is 10.4. The zero-order chi connectivity index (χ0) is 11.8. The number of benzene rings is 1. The first-order valence-electron chi connectivity index (χ1n) is 5.72. The lowest BCUT2D eigenvalue weighted by molar-refractivity contribution is 0.313. The van der Waals surface area contributed by atoms with Gasteiger partial charge in [0.15, 0.2) is 0 Å². The number of nitrogens with two attached hydrogens (primary N) is 1. The summed E-state index contributed by atoms with van der Waals surface area (Å²) in [5, 5.41) is 4.36. The summed E-state index contributed by atoms with van der Waals surface area (Å²) in [4.78, 5) is 0. The van der Waals surface area contributed by atoms with Gasteiger partial charge in [-0.05, 0) is 12.1 Å². The fraction of sp³-hybridized carbons (Fsp3) is 0.308. The average molecular weight is 229 g/mol. The molecule has 0 saturated heterocycles. The summed E-state index contributed by atoms with van der Waals surface area (Å²) >= 11 is 0. The molecule has 0 saturated carbocycles. The summed E-state index contributed by atoms with van der Waals surface area (Å²) in [7, 11) is 1.90. The second-order valence-electron chi connectivity index (χ2n) is 4.40. The zero-order valence-corrected chi connectivity index (χ0v) is 9.71. The smallest absolute Gasteiger partial charge is 0.122 e. The van der Waals surface area contributed by atoms with Crippen molar-refractivity contribution in [3.63, 3.8) is 0 Å². The molecule has 3 rings (SSSR count). The Balaban J connectivity index is 1.92. The van der Waals surface area contributed by atoms with Crippen molar-refractivity contribution in [2.45, 2.75) is 12.0 Å². The van der Waals surface area contributed by atoms with Crippen molar-refractivity contribution in [3.8, 4) is 5.75 Å². The highest BCUT2D eigenvalue weighted by molar-refractivity contribution is 5.41. The lowest BCUT2D eigenvalue weighted by atomic mass is 9.92. The van der Waals surface area contributed by atoms with Crippen molar-refractivity contribution >= 4 is 0 Å². The molecule has 4 heteroatoms. The van der Waals surface area contributed by atoms with Crippen LogP contribution >= 0.6 is 0 Å². The molecule has 1 aromatic carbocycles. The maximum Gasteiger partial charge on any atom is 0.122 e. The number of fused-ring (bicyclic) bond motifs is 1. The summed E-state index contributed by atoms with van der Waals surface area (Å²) in [5.74, 6) is 1.14. The van der Waals surface area contributed by atoms with Gasteiger partial charge in [-0.1, -0.05) is 18.2 Å². The lowest BCUT2D eigenvalue weighted by Crippen LogP contribution is -2.21. The van der Waals surface area contributed by atoms with E-state index in [-0.39, 0.29) is 12.0 Å². The van der Waals surface area contributed by atoms with E-state index in [1.54, 1.807) is 4.68 Å². The van der Waals surface area contributed by atoms with Crippen molar-refractivity contribution in [3.05, 3.63) is 47.8 Å². The molecule has 0 fully saturated rings. The first-order chi connectivity index (χ1) is 8.25. The SMILES string of the molecule is Cn1ccc(C(N)C2COc3ccccc32)n1. The van der Waals surface area contributed by atoms with Gasteiger partial charge in [0.05, 0.1) is 18.3 Å². The van der Waals surface area contributed by atoms with Gasteiger partial charge in [-0.3, -0.25) is 4.68 Å². The Morgan fingerprint density at radius 3 is 3.00 bits per heavy atom. The Bertz CT molecular complexity index is 535. The lowest BCUT2D eigenvalue weighted by Gasteiger charge is -2.15. The van der Waals surface area contributed by atoms with Gasteiger partial charge >= 0.3 is 0 Å². The number of nitrogens with zero attached hydrogens (tertiary/aromatic N) is 2. The van der Waals surface area contributed by atoms with E-state index in [1.165, 1.54) is 5.56 Å². The van der Waals surface area contributed by atoms with Crippen LogP contribution in [0.25, 0.3) is 0 Å². The minimum absolute atomic E-state index is 0.111. The molecule has 2 N–H and O–H groups in total. The molecular formula is C13H15N3O. The largest absolute Gasteiger partial charge is 0.493 e. The molecule has 2 aromatic rings. The van der Waals surface area contributed by atoms with Crippen molar-refractivity contribution < 1.29 is 4.74 Å². The number of aromatic nitrogens is 2. The van der Waals surface area contributed by atoms with Gasteiger partial charge in [0.2, 0.25) is 0 Å². The molecule has 2 atom stereocenters. The van der Waals surface area contributed by atoms with Crippen LogP contribution in [-0.2, 0) is 7.05 Å². The molecule has 1 aromatic heterocycles. The van der Waals surface area contributed by atoms with Gasteiger partial charge in [0.1, 0.15) is 5.75 Å². The number of hydrogen-bond acceptors (Lipinski definition) is 3. The standard InChI is InChI=1S/C13H15N3O/c1-16-7-6-11(15-16)13(14)10-8-17-12-5-3-2-4-9(10)12/h2-7,10,13H,8,14H2,1H3. The van der Waals surface area contributed by atoms with E-state index in [4.69, 9.17) is 10.5 Å². The third-order valence-corrected chi connectivity index (χ3v) is 3.25. The van der Waals surface area contributed by atoms with Gasteiger partial charge < -0.3 is 10.5 Å². The fourth-order valence-electron chi connectivity index (χ4n) is 2.30. The normalized spacial score (nSPS) is 19.8.